The first-order valence-corrected chi connectivity index (χ1v) is 8.01. The van der Waals surface area contributed by atoms with Gasteiger partial charge in [0.05, 0.1) is 12.4 Å². The number of nitrogens with zero attached hydrogens (tertiary/aromatic N) is 5. The average Bonchev–Trinajstić information content (AvgIpc) is 2.78. The Morgan fingerprint density at radius 1 is 1.13 bits per heavy atom. The second-order valence-corrected chi connectivity index (χ2v) is 5.95. The first-order chi connectivity index (χ1) is 11.3. The minimum Gasteiger partial charge on any atom is -0.354 e. The Bertz CT molecular complexity index is 662. The molecular weight excluding hydrogens is 286 g/mol. The third-order valence-electron chi connectivity index (χ3n) is 4.40. The largest absolute Gasteiger partial charge is 0.354 e. The summed E-state index contributed by atoms with van der Waals surface area (Å²) < 4.78 is 0. The summed E-state index contributed by atoms with van der Waals surface area (Å²) in [6.45, 7) is 6.16. The van der Waals surface area contributed by atoms with E-state index in [1.54, 1.807) is 12.4 Å². The van der Waals surface area contributed by atoms with Crippen LogP contribution in [0.1, 0.15) is 24.6 Å². The van der Waals surface area contributed by atoms with Crippen LogP contribution in [0.5, 0.6) is 0 Å². The van der Waals surface area contributed by atoms with Crippen molar-refractivity contribution in [3.05, 3.63) is 54.0 Å². The van der Waals surface area contributed by atoms with Gasteiger partial charge in [0.1, 0.15) is 11.9 Å². The van der Waals surface area contributed by atoms with E-state index >= 15 is 0 Å². The van der Waals surface area contributed by atoms with Gasteiger partial charge in [-0.3, -0.25) is 4.90 Å². The Kier molecular flexibility index (Phi) is 4.84. The Morgan fingerprint density at radius 2 is 1.96 bits per heavy atom. The zero-order valence-corrected chi connectivity index (χ0v) is 13.4. The predicted octanol–water partition coefficient (Wildman–Crippen LogP) is 2.45. The van der Waals surface area contributed by atoms with Crippen LogP contribution < -0.4 is 4.90 Å². The fourth-order valence-corrected chi connectivity index (χ4v) is 2.93. The average molecular weight is 307 g/mol. The number of rotatable bonds is 3. The summed E-state index contributed by atoms with van der Waals surface area (Å²) >= 11 is 0. The van der Waals surface area contributed by atoms with Crippen LogP contribution in [0.3, 0.4) is 0 Å². The van der Waals surface area contributed by atoms with Gasteiger partial charge >= 0.3 is 0 Å². The molecule has 118 valence electrons. The first kappa shape index (κ1) is 15.4. The molecule has 1 aromatic carbocycles. The van der Waals surface area contributed by atoms with E-state index in [4.69, 9.17) is 5.26 Å². The molecule has 5 nitrogen and oxygen atoms in total. The molecule has 1 unspecified atom stereocenters. The number of benzene rings is 1. The summed E-state index contributed by atoms with van der Waals surface area (Å²) in [4.78, 5) is 13.3. The normalized spacial score (nSPS) is 19.1. The van der Waals surface area contributed by atoms with Crippen LogP contribution in [-0.2, 0) is 6.54 Å². The molecule has 2 aromatic rings. The molecule has 0 spiro atoms. The van der Waals surface area contributed by atoms with Gasteiger partial charge in [-0.1, -0.05) is 30.3 Å². The van der Waals surface area contributed by atoms with Gasteiger partial charge in [0.25, 0.3) is 0 Å². The number of hydrogen-bond acceptors (Lipinski definition) is 5. The number of hydrogen-bond donors (Lipinski definition) is 0. The molecule has 1 aromatic heterocycles. The third-order valence-corrected chi connectivity index (χ3v) is 4.40. The van der Waals surface area contributed by atoms with Gasteiger partial charge in [-0.25, -0.2) is 9.97 Å². The molecule has 0 amide bonds. The fourth-order valence-electron chi connectivity index (χ4n) is 2.93. The maximum absolute atomic E-state index is 8.82. The van der Waals surface area contributed by atoms with Gasteiger partial charge in [0.15, 0.2) is 5.69 Å². The second-order valence-electron chi connectivity index (χ2n) is 5.95. The topological polar surface area (TPSA) is 56.1 Å². The summed E-state index contributed by atoms with van der Waals surface area (Å²) in [5.74, 6) is 0.859. The Morgan fingerprint density at radius 3 is 2.65 bits per heavy atom. The summed E-state index contributed by atoms with van der Waals surface area (Å²) in [6, 6.07) is 13.2. The van der Waals surface area contributed by atoms with Crippen molar-refractivity contribution < 1.29 is 0 Å². The molecule has 1 saturated heterocycles. The summed E-state index contributed by atoms with van der Waals surface area (Å²) in [5, 5.41) is 8.82. The molecule has 0 radical (unpaired) electrons. The van der Waals surface area contributed by atoms with Crippen molar-refractivity contribution in [1.82, 2.24) is 14.9 Å². The van der Waals surface area contributed by atoms with Crippen LogP contribution in [0.4, 0.5) is 5.82 Å². The number of aromatic nitrogens is 2. The highest BCUT2D eigenvalue weighted by Crippen LogP contribution is 2.18. The van der Waals surface area contributed by atoms with Crippen LogP contribution in [0.25, 0.3) is 0 Å². The fraction of sp³-hybridized carbons (Fsp3) is 0.389. The first-order valence-electron chi connectivity index (χ1n) is 8.01. The van der Waals surface area contributed by atoms with Crippen molar-refractivity contribution in [2.24, 2.45) is 0 Å². The van der Waals surface area contributed by atoms with Gasteiger partial charge < -0.3 is 4.90 Å². The standard InChI is InChI=1S/C18H21N5/c1-15-7-8-22(18-13-20-17(11-19)12-21-18)9-10-23(15)14-16-5-3-2-4-6-16/h2-6,12-13,15H,7-10,14H2,1H3. The lowest BCUT2D eigenvalue weighted by Gasteiger charge is -2.26. The highest BCUT2D eigenvalue weighted by Gasteiger charge is 2.21. The van der Waals surface area contributed by atoms with Crippen LogP contribution in [0.15, 0.2) is 42.7 Å². The van der Waals surface area contributed by atoms with E-state index in [1.165, 1.54) is 5.56 Å². The summed E-state index contributed by atoms with van der Waals surface area (Å²) in [6.07, 6.45) is 4.34. The molecular formula is C18H21N5. The minimum atomic E-state index is 0.364. The van der Waals surface area contributed by atoms with Crippen molar-refractivity contribution in [2.75, 3.05) is 24.5 Å². The highest BCUT2D eigenvalue weighted by molar-refractivity contribution is 5.37. The number of anilines is 1. The maximum atomic E-state index is 8.82. The molecule has 0 saturated carbocycles. The van der Waals surface area contributed by atoms with Crippen molar-refractivity contribution in [3.63, 3.8) is 0 Å². The van der Waals surface area contributed by atoms with E-state index < -0.39 is 0 Å². The molecule has 1 fully saturated rings. The lowest BCUT2D eigenvalue weighted by molar-refractivity contribution is 0.212. The van der Waals surface area contributed by atoms with Crippen LogP contribution in [0, 0.1) is 11.3 Å². The van der Waals surface area contributed by atoms with Crippen molar-refractivity contribution in [1.29, 1.82) is 5.26 Å². The molecule has 5 heteroatoms. The van der Waals surface area contributed by atoms with Crippen LogP contribution in [-0.4, -0.2) is 40.5 Å². The molecule has 23 heavy (non-hydrogen) atoms. The molecule has 0 bridgehead atoms. The van der Waals surface area contributed by atoms with E-state index in [2.05, 4.69) is 57.0 Å². The molecule has 1 aliphatic heterocycles. The maximum Gasteiger partial charge on any atom is 0.158 e. The Hall–Kier alpha value is -2.45. The van der Waals surface area contributed by atoms with Crippen molar-refractivity contribution >= 4 is 5.82 Å². The summed E-state index contributed by atoms with van der Waals surface area (Å²) in [7, 11) is 0. The lowest BCUT2D eigenvalue weighted by atomic mass is 10.1. The van der Waals surface area contributed by atoms with Crippen LogP contribution >= 0.6 is 0 Å². The van der Waals surface area contributed by atoms with E-state index in [1.807, 2.05) is 6.07 Å². The summed E-state index contributed by atoms with van der Waals surface area (Å²) in [5.41, 5.74) is 1.72. The Balaban J connectivity index is 1.66. The van der Waals surface area contributed by atoms with Gasteiger partial charge in [0.2, 0.25) is 0 Å². The predicted molar refractivity (Wildman–Crippen MR) is 89.9 cm³/mol. The second kappa shape index (κ2) is 7.21. The highest BCUT2D eigenvalue weighted by atomic mass is 15.3. The number of nitriles is 1. The van der Waals surface area contributed by atoms with Crippen LogP contribution in [0.2, 0.25) is 0 Å². The van der Waals surface area contributed by atoms with E-state index in [0.29, 0.717) is 11.7 Å². The monoisotopic (exact) mass is 307 g/mol. The molecule has 2 heterocycles. The zero-order chi connectivity index (χ0) is 16.1. The molecule has 0 aliphatic carbocycles. The van der Waals surface area contributed by atoms with Gasteiger partial charge in [-0.15, -0.1) is 0 Å². The van der Waals surface area contributed by atoms with E-state index in [-0.39, 0.29) is 0 Å². The SMILES string of the molecule is CC1CCN(c2cnc(C#N)cn2)CCN1Cc1ccccc1. The van der Waals surface area contributed by atoms with E-state index in [0.717, 1.165) is 38.4 Å². The Labute approximate surface area is 137 Å². The van der Waals surface area contributed by atoms with Crippen molar-refractivity contribution in [3.8, 4) is 6.07 Å². The van der Waals surface area contributed by atoms with Gasteiger partial charge in [0, 0.05) is 32.2 Å². The molecule has 1 atom stereocenters. The van der Waals surface area contributed by atoms with Gasteiger partial charge in [-0.2, -0.15) is 5.26 Å². The smallest absolute Gasteiger partial charge is 0.158 e. The zero-order valence-electron chi connectivity index (χ0n) is 13.4. The minimum absolute atomic E-state index is 0.364. The lowest BCUT2D eigenvalue weighted by Crippen LogP contribution is -2.34. The van der Waals surface area contributed by atoms with Gasteiger partial charge in [-0.05, 0) is 18.9 Å². The quantitative estimate of drug-likeness (QED) is 0.872. The molecule has 0 N–H and O–H groups in total. The molecule has 3 rings (SSSR count). The van der Waals surface area contributed by atoms with E-state index in [9.17, 15) is 0 Å². The third kappa shape index (κ3) is 3.85. The molecule has 1 aliphatic rings. The van der Waals surface area contributed by atoms with Crippen molar-refractivity contribution in [2.45, 2.75) is 25.9 Å².